The summed E-state index contributed by atoms with van der Waals surface area (Å²) in [5.74, 6) is -0.530. The maximum atomic E-state index is 12.9. The van der Waals surface area contributed by atoms with Crippen molar-refractivity contribution in [2.45, 2.75) is 19.8 Å². The van der Waals surface area contributed by atoms with Crippen molar-refractivity contribution in [3.63, 3.8) is 0 Å². The minimum atomic E-state index is -0.903. The van der Waals surface area contributed by atoms with Gasteiger partial charge in [-0.15, -0.1) is 22.7 Å². The van der Waals surface area contributed by atoms with Crippen molar-refractivity contribution in [2.24, 2.45) is 0 Å². The Kier molecular flexibility index (Phi) is 3.83. The van der Waals surface area contributed by atoms with Crippen LogP contribution in [-0.2, 0) is 0 Å². The van der Waals surface area contributed by atoms with Gasteiger partial charge >= 0.3 is 0 Å². The van der Waals surface area contributed by atoms with Gasteiger partial charge in [0.05, 0.1) is 21.3 Å². The molecule has 25 heavy (non-hydrogen) atoms. The molecule has 122 valence electrons. The summed E-state index contributed by atoms with van der Waals surface area (Å²) in [6.45, 7) is 3.60. The number of thiophene rings is 2. The lowest BCUT2D eigenvalue weighted by atomic mass is 10.00. The maximum Gasteiger partial charge on any atom is 0.196 e. The lowest BCUT2D eigenvalue weighted by molar-refractivity contribution is 0.0981. The number of carbonyl (C=O) groups is 1. The van der Waals surface area contributed by atoms with E-state index in [4.69, 9.17) is 0 Å². The van der Waals surface area contributed by atoms with Crippen LogP contribution in [0.3, 0.4) is 0 Å². The number of hydrogen-bond acceptors (Lipinski definition) is 6. The average Bonchev–Trinajstić information content (AvgIpc) is 3.12. The Morgan fingerprint density at radius 3 is 2.68 bits per heavy atom. The first kappa shape index (κ1) is 15.9. The summed E-state index contributed by atoms with van der Waals surface area (Å²) >= 11 is 3.12. The van der Waals surface area contributed by atoms with E-state index in [1.165, 1.54) is 16.0 Å². The molecule has 0 spiro atoms. The van der Waals surface area contributed by atoms with Gasteiger partial charge in [0.15, 0.2) is 11.7 Å². The average molecular weight is 363 g/mol. The van der Waals surface area contributed by atoms with E-state index in [0.717, 1.165) is 20.5 Å². The SMILES string of the molecule is Cc1cc([C@H](C#N)C(=O)c2cc3sc4ccccc4c3s2)nc(C)n1. The first-order valence-electron chi connectivity index (χ1n) is 7.74. The van der Waals surface area contributed by atoms with Gasteiger partial charge in [-0.25, -0.2) is 9.97 Å². The second-order valence-corrected chi connectivity index (χ2v) is 7.95. The van der Waals surface area contributed by atoms with E-state index in [2.05, 4.69) is 28.2 Å². The first-order chi connectivity index (χ1) is 12.1. The van der Waals surface area contributed by atoms with Crippen LogP contribution in [0.5, 0.6) is 0 Å². The summed E-state index contributed by atoms with van der Waals surface area (Å²) in [5, 5.41) is 10.7. The highest BCUT2D eigenvalue weighted by Gasteiger charge is 2.26. The summed E-state index contributed by atoms with van der Waals surface area (Å²) < 4.78 is 3.40. The van der Waals surface area contributed by atoms with Crippen LogP contribution in [-0.4, -0.2) is 15.8 Å². The number of fused-ring (bicyclic) bond motifs is 3. The van der Waals surface area contributed by atoms with E-state index in [-0.39, 0.29) is 5.78 Å². The molecule has 3 aromatic heterocycles. The highest BCUT2D eigenvalue weighted by Crippen LogP contribution is 2.40. The number of rotatable bonds is 3. The fraction of sp³-hybridized carbons (Fsp3) is 0.158. The minimum Gasteiger partial charge on any atom is -0.291 e. The topological polar surface area (TPSA) is 66.6 Å². The number of nitrogens with zero attached hydrogens (tertiary/aromatic N) is 3. The second kappa shape index (κ2) is 6.03. The lowest BCUT2D eigenvalue weighted by Gasteiger charge is -2.08. The standard InChI is InChI=1S/C19H13N3OS2/c1-10-7-14(22-11(2)21-10)13(9-20)18(23)16-8-17-19(25-16)12-5-3-4-6-15(12)24-17/h3-8,13H,1-2H3/t13-/m0/s1. The fourth-order valence-corrected chi connectivity index (χ4v) is 5.41. The summed E-state index contributed by atoms with van der Waals surface area (Å²) in [5.41, 5.74) is 1.23. The van der Waals surface area contributed by atoms with Crippen LogP contribution in [0.1, 0.15) is 32.8 Å². The Morgan fingerprint density at radius 2 is 1.92 bits per heavy atom. The zero-order valence-corrected chi connectivity index (χ0v) is 15.2. The monoisotopic (exact) mass is 363 g/mol. The molecule has 0 saturated carbocycles. The van der Waals surface area contributed by atoms with Gasteiger partial charge in [-0.1, -0.05) is 18.2 Å². The van der Waals surface area contributed by atoms with Crippen molar-refractivity contribution in [3.05, 3.63) is 58.5 Å². The number of nitriles is 1. The number of Topliss-reactive ketones (excluding diaryl/α,β-unsaturated/α-hetero) is 1. The molecule has 0 radical (unpaired) electrons. The van der Waals surface area contributed by atoms with Crippen molar-refractivity contribution >= 4 is 47.9 Å². The third kappa shape index (κ3) is 2.72. The number of hydrogen-bond donors (Lipinski definition) is 0. The van der Waals surface area contributed by atoms with Crippen molar-refractivity contribution in [2.75, 3.05) is 0 Å². The molecular formula is C19H13N3OS2. The molecule has 6 heteroatoms. The molecule has 4 rings (SSSR count). The fourth-order valence-electron chi connectivity index (χ4n) is 2.92. The van der Waals surface area contributed by atoms with Crippen LogP contribution in [0.15, 0.2) is 36.4 Å². The molecule has 1 aromatic carbocycles. The maximum absolute atomic E-state index is 12.9. The third-order valence-corrected chi connectivity index (χ3v) is 6.40. The van der Waals surface area contributed by atoms with Gasteiger partial charge in [-0.05, 0) is 32.0 Å². The van der Waals surface area contributed by atoms with Gasteiger partial charge in [0.1, 0.15) is 5.82 Å². The number of carbonyl (C=O) groups excluding carboxylic acids is 1. The molecule has 0 N–H and O–H groups in total. The summed E-state index contributed by atoms with van der Waals surface area (Å²) in [6.07, 6.45) is 0. The lowest BCUT2D eigenvalue weighted by Crippen LogP contribution is -2.13. The molecule has 0 fully saturated rings. The van der Waals surface area contributed by atoms with Crippen LogP contribution >= 0.6 is 22.7 Å². The second-order valence-electron chi connectivity index (χ2n) is 5.81. The van der Waals surface area contributed by atoms with Crippen molar-refractivity contribution in [1.82, 2.24) is 9.97 Å². The van der Waals surface area contributed by atoms with E-state index in [9.17, 15) is 10.1 Å². The Balaban J connectivity index is 1.78. The number of aromatic nitrogens is 2. The molecule has 0 unspecified atom stereocenters. The number of ketones is 1. The van der Waals surface area contributed by atoms with Gasteiger partial charge in [0, 0.05) is 20.5 Å². The minimum absolute atomic E-state index is 0.197. The summed E-state index contributed by atoms with van der Waals surface area (Å²) in [6, 6.07) is 13.9. The van der Waals surface area contributed by atoms with Gasteiger partial charge < -0.3 is 0 Å². The number of aryl methyl sites for hydroxylation is 2. The Labute approximate surface area is 152 Å². The summed E-state index contributed by atoms with van der Waals surface area (Å²) in [4.78, 5) is 22.1. The Morgan fingerprint density at radius 1 is 1.12 bits per heavy atom. The molecule has 1 atom stereocenters. The van der Waals surface area contributed by atoms with E-state index in [1.54, 1.807) is 24.3 Å². The third-order valence-electron chi connectivity index (χ3n) is 3.97. The van der Waals surface area contributed by atoms with Gasteiger partial charge in [0.25, 0.3) is 0 Å². The van der Waals surface area contributed by atoms with Gasteiger partial charge in [-0.3, -0.25) is 4.79 Å². The normalized spacial score (nSPS) is 12.4. The zero-order valence-electron chi connectivity index (χ0n) is 13.6. The predicted octanol–water partition coefficient (Wildman–Crippen LogP) is 5.01. The molecule has 0 aliphatic rings. The number of benzene rings is 1. The van der Waals surface area contributed by atoms with Crippen LogP contribution < -0.4 is 0 Å². The molecule has 0 saturated heterocycles. The smallest absolute Gasteiger partial charge is 0.196 e. The van der Waals surface area contributed by atoms with Crippen LogP contribution in [0.4, 0.5) is 0 Å². The van der Waals surface area contributed by atoms with E-state index in [0.29, 0.717) is 16.4 Å². The Hall–Kier alpha value is -2.62. The molecule has 0 aliphatic heterocycles. The van der Waals surface area contributed by atoms with E-state index >= 15 is 0 Å². The van der Waals surface area contributed by atoms with Crippen LogP contribution in [0.2, 0.25) is 0 Å². The van der Waals surface area contributed by atoms with Crippen molar-refractivity contribution < 1.29 is 4.79 Å². The molecule has 3 heterocycles. The molecule has 0 aliphatic carbocycles. The van der Waals surface area contributed by atoms with E-state index in [1.807, 2.05) is 25.1 Å². The van der Waals surface area contributed by atoms with E-state index < -0.39 is 5.92 Å². The van der Waals surface area contributed by atoms with Crippen LogP contribution in [0, 0.1) is 25.2 Å². The molecule has 0 bridgehead atoms. The van der Waals surface area contributed by atoms with Crippen molar-refractivity contribution in [1.29, 1.82) is 5.26 Å². The quantitative estimate of drug-likeness (QED) is 0.480. The first-order valence-corrected chi connectivity index (χ1v) is 9.37. The van der Waals surface area contributed by atoms with Crippen molar-refractivity contribution in [3.8, 4) is 6.07 Å². The largest absolute Gasteiger partial charge is 0.291 e. The Bertz CT molecular complexity index is 1150. The molecule has 0 amide bonds. The highest BCUT2D eigenvalue weighted by atomic mass is 32.1. The zero-order chi connectivity index (χ0) is 17.6. The molecule has 4 aromatic rings. The van der Waals surface area contributed by atoms with Crippen LogP contribution in [0.25, 0.3) is 19.5 Å². The predicted molar refractivity (Wildman–Crippen MR) is 101 cm³/mol. The van der Waals surface area contributed by atoms with Gasteiger partial charge in [-0.2, -0.15) is 5.26 Å². The molecule has 4 nitrogen and oxygen atoms in total. The highest BCUT2D eigenvalue weighted by molar-refractivity contribution is 7.33. The molecular weight excluding hydrogens is 350 g/mol. The van der Waals surface area contributed by atoms with Gasteiger partial charge in [0.2, 0.25) is 0 Å². The summed E-state index contributed by atoms with van der Waals surface area (Å²) in [7, 11) is 0.